The second kappa shape index (κ2) is 11.5. The van der Waals surface area contributed by atoms with Gasteiger partial charge in [-0.05, 0) is 104 Å². The Morgan fingerprint density at radius 2 is 1.68 bits per heavy atom. The van der Waals surface area contributed by atoms with Gasteiger partial charge in [0, 0.05) is 6.42 Å². The van der Waals surface area contributed by atoms with Crippen molar-refractivity contribution in [2.45, 2.75) is 97.2 Å². The maximum Gasteiger partial charge on any atom is 1.00 e. The Kier molecular flexibility index (Phi) is 10.1. The predicted octanol–water partition coefficient (Wildman–Crippen LogP) is -1.56. The summed E-state index contributed by atoms with van der Waals surface area (Å²) in [4.78, 5) is 22.6. The molecule has 0 bridgehead atoms. The number of carbonyl (C=O) groups excluding carboxylic acids is 2. The Morgan fingerprint density at radius 1 is 1.03 bits per heavy atom. The normalized spacial score (nSPS) is 43.7. The summed E-state index contributed by atoms with van der Waals surface area (Å²) >= 11 is 0. The monoisotopic (exact) mass is 489 g/mol. The standard InChI is InChI=1S/C26H43NO5.Na.H2O/c1-15(4-7-22(30)27-14-23(31)32)18-5-6-19-24-20(9-11-26(18,19)3)25(2)10-8-17(28)12-16(25)13-21(24)29;;/h15-21,24,28-29H,4-14H2,1-3H3,(H,27,30)(H,31,32);;1H2/q;+1;/p-1/t15-,16+,17-,18-,19+,20+,21-,24+,25+,26-;;/m1../s1. The molecule has 4 aliphatic carbocycles. The number of nitrogens with one attached hydrogen (secondary N) is 1. The maximum absolute atomic E-state index is 12.0. The van der Waals surface area contributed by atoms with Gasteiger partial charge in [0.05, 0.1) is 24.7 Å². The summed E-state index contributed by atoms with van der Waals surface area (Å²) in [5, 5.41) is 34.5. The Hall–Kier alpha value is -0.180. The van der Waals surface area contributed by atoms with Crippen LogP contribution in [-0.4, -0.2) is 46.3 Å². The summed E-state index contributed by atoms with van der Waals surface area (Å²) in [6, 6.07) is 0. The predicted molar refractivity (Wildman–Crippen MR) is 123 cm³/mol. The van der Waals surface area contributed by atoms with Crippen LogP contribution < -0.4 is 40.0 Å². The van der Waals surface area contributed by atoms with Crippen molar-refractivity contribution in [1.82, 2.24) is 5.32 Å². The fraction of sp³-hybridized carbons (Fsp3) is 0.923. The Balaban J connectivity index is 0.00000204. The number of fused-ring (bicyclic) bond motifs is 5. The van der Waals surface area contributed by atoms with Crippen LogP contribution in [0, 0.1) is 46.3 Å². The van der Waals surface area contributed by atoms with Crippen molar-refractivity contribution in [2.75, 3.05) is 6.54 Å². The zero-order chi connectivity index (χ0) is 23.3. The minimum absolute atomic E-state index is 0. The molecular weight excluding hydrogens is 445 g/mol. The van der Waals surface area contributed by atoms with E-state index in [1.54, 1.807) is 0 Å². The molecule has 0 radical (unpaired) electrons. The summed E-state index contributed by atoms with van der Waals surface area (Å²) in [5.41, 5.74) is 0.436. The van der Waals surface area contributed by atoms with Gasteiger partial charge in [0.15, 0.2) is 0 Å². The fourth-order valence-electron chi connectivity index (χ4n) is 8.99. The van der Waals surface area contributed by atoms with Gasteiger partial charge in [-0.3, -0.25) is 4.79 Å². The molecule has 4 rings (SSSR count). The number of amides is 1. The number of carbonyl (C=O) groups is 2. The molecule has 0 aromatic carbocycles. The van der Waals surface area contributed by atoms with E-state index in [0.29, 0.717) is 41.9 Å². The van der Waals surface area contributed by atoms with Gasteiger partial charge in [0.1, 0.15) is 0 Å². The summed E-state index contributed by atoms with van der Waals surface area (Å²) in [6.45, 7) is 6.70. The van der Waals surface area contributed by atoms with Gasteiger partial charge in [-0.15, -0.1) is 0 Å². The van der Waals surface area contributed by atoms with Crippen LogP contribution in [0.25, 0.3) is 0 Å². The van der Waals surface area contributed by atoms with Crippen molar-refractivity contribution in [3.63, 3.8) is 0 Å². The third-order valence-corrected chi connectivity index (χ3v) is 10.7. The number of aliphatic hydroxyl groups is 2. The summed E-state index contributed by atoms with van der Waals surface area (Å²) in [6.07, 6.45) is 8.95. The van der Waals surface area contributed by atoms with Crippen LogP contribution >= 0.6 is 0 Å². The van der Waals surface area contributed by atoms with Crippen LogP contribution in [0.3, 0.4) is 0 Å². The van der Waals surface area contributed by atoms with E-state index >= 15 is 0 Å². The zero-order valence-electron chi connectivity index (χ0n) is 21.5. The molecule has 8 heteroatoms. The molecule has 0 aliphatic heterocycles. The number of hydrogen-bond donors (Lipinski definition) is 3. The molecular formula is C26H44NNaO6. The van der Waals surface area contributed by atoms with Crippen LogP contribution in [0.1, 0.15) is 85.0 Å². The zero-order valence-corrected chi connectivity index (χ0v) is 23.5. The fourth-order valence-corrected chi connectivity index (χ4v) is 8.99. The molecule has 7 nitrogen and oxygen atoms in total. The molecule has 1 amide bonds. The van der Waals surface area contributed by atoms with Gasteiger partial charge in [0.2, 0.25) is 5.91 Å². The molecule has 0 unspecified atom stereocenters. The molecule has 4 saturated carbocycles. The molecule has 4 fully saturated rings. The molecule has 10 atom stereocenters. The van der Waals surface area contributed by atoms with Crippen molar-refractivity contribution < 1.29 is 59.9 Å². The van der Waals surface area contributed by atoms with Crippen molar-refractivity contribution in [2.24, 2.45) is 46.3 Å². The van der Waals surface area contributed by atoms with Crippen LogP contribution in [0.2, 0.25) is 0 Å². The van der Waals surface area contributed by atoms with E-state index in [1.165, 1.54) is 6.42 Å². The first-order valence-electron chi connectivity index (χ1n) is 12.9. The second-order valence-electron chi connectivity index (χ2n) is 12.1. The first-order valence-corrected chi connectivity index (χ1v) is 12.9. The Labute approximate surface area is 226 Å². The summed E-state index contributed by atoms with van der Waals surface area (Å²) in [5.74, 6) is 1.31. The molecule has 0 aromatic heterocycles. The maximum atomic E-state index is 12.0. The Morgan fingerprint density at radius 3 is 2.35 bits per heavy atom. The smallest absolute Gasteiger partial charge is 0.548 e. The molecule has 4 aliphatic rings. The van der Waals surface area contributed by atoms with Gasteiger partial charge in [-0.1, -0.05) is 20.8 Å². The minimum Gasteiger partial charge on any atom is -0.548 e. The van der Waals surface area contributed by atoms with Crippen molar-refractivity contribution in [3.8, 4) is 0 Å². The van der Waals surface area contributed by atoms with E-state index in [1.807, 2.05) is 0 Å². The van der Waals surface area contributed by atoms with Crippen LogP contribution in [0.5, 0.6) is 0 Å². The topological polar surface area (TPSA) is 141 Å². The average Bonchev–Trinajstić information content (AvgIpc) is 3.09. The molecule has 0 aromatic rings. The van der Waals surface area contributed by atoms with Crippen molar-refractivity contribution in [3.05, 3.63) is 0 Å². The third kappa shape index (κ3) is 5.40. The van der Waals surface area contributed by atoms with Gasteiger partial charge in [-0.2, -0.15) is 0 Å². The largest absolute Gasteiger partial charge is 1.00 e. The number of carboxylic acids is 1. The van der Waals surface area contributed by atoms with Gasteiger partial charge in [-0.25, -0.2) is 0 Å². The van der Waals surface area contributed by atoms with E-state index in [9.17, 15) is 24.9 Å². The second-order valence-corrected chi connectivity index (χ2v) is 12.1. The average molecular weight is 490 g/mol. The Bertz CT molecular complexity index is 736. The molecule has 0 heterocycles. The van der Waals surface area contributed by atoms with E-state index in [4.69, 9.17) is 0 Å². The minimum atomic E-state index is -1.26. The van der Waals surface area contributed by atoms with Crippen LogP contribution in [-0.2, 0) is 9.59 Å². The molecule has 0 saturated heterocycles. The van der Waals surface area contributed by atoms with Gasteiger partial charge >= 0.3 is 29.6 Å². The van der Waals surface area contributed by atoms with E-state index in [2.05, 4.69) is 26.1 Å². The van der Waals surface area contributed by atoms with Crippen LogP contribution in [0.4, 0.5) is 0 Å². The summed E-state index contributed by atoms with van der Waals surface area (Å²) in [7, 11) is 0. The van der Waals surface area contributed by atoms with Crippen molar-refractivity contribution in [1.29, 1.82) is 0 Å². The molecule has 0 spiro atoms. The van der Waals surface area contributed by atoms with E-state index < -0.39 is 12.5 Å². The number of rotatable bonds is 6. The molecule has 34 heavy (non-hydrogen) atoms. The number of carboxylic acid groups (broad SMARTS) is 1. The first kappa shape index (κ1) is 30.0. The van der Waals surface area contributed by atoms with Crippen molar-refractivity contribution >= 4 is 11.9 Å². The first-order chi connectivity index (χ1) is 15.1. The number of aliphatic carboxylic acids is 1. The number of hydrogen-bond acceptors (Lipinski definition) is 5. The van der Waals surface area contributed by atoms with E-state index in [-0.39, 0.29) is 64.0 Å². The quantitative estimate of drug-likeness (QED) is 0.387. The third-order valence-electron chi connectivity index (χ3n) is 10.7. The SMILES string of the molecule is C[C@H](CCC(=O)NCC(=O)[O-])[C@H]1CC[C@H]2[C@@H]3[C@H](O)C[C@@H]4C[C@H](O)CC[C@]4(C)[C@H]3CC[C@]12C.O.[Na+]. The van der Waals surface area contributed by atoms with Gasteiger partial charge in [0.25, 0.3) is 0 Å². The summed E-state index contributed by atoms with van der Waals surface area (Å²) < 4.78 is 0. The van der Waals surface area contributed by atoms with E-state index in [0.717, 1.165) is 51.4 Å². The molecule has 190 valence electrons. The number of aliphatic hydroxyl groups excluding tert-OH is 2. The van der Waals surface area contributed by atoms with Crippen LogP contribution in [0.15, 0.2) is 0 Å². The molecule has 5 N–H and O–H groups in total. The van der Waals surface area contributed by atoms with Gasteiger partial charge < -0.3 is 30.9 Å².